The van der Waals surface area contributed by atoms with Crippen molar-refractivity contribution in [2.75, 3.05) is 25.2 Å². The zero-order valence-corrected chi connectivity index (χ0v) is 10.6. The van der Waals surface area contributed by atoms with Gasteiger partial charge in [-0.05, 0) is 0 Å². The molecule has 0 unspecified atom stereocenters. The van der Waals surface area contributed by atoms with Gasteiger partial charge in [0.05, 0.1) is 19.0 Å². The first-order valence-electron chi connectivity index (χ1n) is 6.14. The smallest absolute Gasteiger partial charge is 0.163 e. The first-order valence-corrected chi connectivity index (χ1v) is 6.14. The van der Waals surface area contributed by atoms with Crippen molar-refractivity contribution in [1.82, 2.24) is 9.55 Å². The number of aliphatic imine (C=N–C) groups is 1. The summed E-state index contributed by atoms with van der Waals surface area (Å²) >= 11 is 0. The van der Waals surface area contributed by atoms with Crippen molar-refractivity contribution in [2.45, 2.75) is 24.9 Å². The van der Waals surface area contributed by atoms with Crippen molar-refractivity contribution in [3.63, 3.8) is 0 Å². The minimum atomic E-state index is -0.677. The molecule has 0 saturated carbocycles. The van der Waals surface area contributed by atoms with Crippen LogP contribution in [0.2, 0.25) is 0 Å². The standard InChI is InChI=1S/C11H17N5O3/c1-15-4-14-9(12)8-10(15)16(5-13-8)11-7(18)2-6(3-17)19-11/h5-7,11,17-18H,2-4H2,1H3,(H2,12,14)/t6-,7+,11+/m0/s1. The summed E-state index contributed by atoms with van der Waals surface area (Å²) in [6.45, 7) is 0.334. The van der Waals surface area contributed by atoms with Crippen LogP contribution in [-0.2, 0) is 4.74 Å². The van der Waals surface area contributed by atoms with Gasteiger partial charge in [-0.25, -0.2) is 9.98 Å². The molecule has 0 spiro atoms. The number of hydrogen-bond acceptors (Lipinski definition) is 7. The van der Waals surface area contributed by atoms with Gasteiger partial charge in [-0.3, -0.25) is 4.57 Å². The first-order chi connectivity index (χ1) is 9.11. The molecular formula is C11H17N5O3. The third kappa shape index (κ3) is 1.88. The van der Waals surface area contributed by atoms with Crippen LogP contribution < -0.4 is 10.6 Å². The highest BCUT2D eigenvalue weighted by atomic mass is 16.5. The minimum Gasteiger partial charge on any atom is -0.394 e. The van der Waals surface area contributed by atoms with Crippen LogP contribution in [0.4, 0.5) is 5.82 Å². The molecule has 0 bridgehead atoms. The normalized spacial score (nSPS) is 30.4. The SMILES string of the molecule is CN1CN=C(N)c2ncn([C@@H]3O[C@H](CO)C[C@H]3O)c21. The lowest BCUT2D eigenvalue weighted by Gasteiger charge is -2.27. The number of ether oxygens (including phenoxy) is 1. The van der Waals surface area contributed by atoms with Crippen molar-refractivity contribution >= 4 is 11.7 Å². The molecule has 0 aromatic carbocycles. The maximum Gasteiger partial charge on any atom is 0.163 e. The quantitative estimate of drug-likeness (QED) is 0.610. The lowest BCUT2D eigenvalue weighted by atomic mass is 10.2. The van der Waals surface area contributed by atoms with E-state index in [4.69, 9.17) is 15.6 Å². The van der Waals surface area contributed by atoms with Gasteiger partial charge in [0.1, 0.15) is 30.1 Å². The van der Waals surface area contributed by atoms with E-state index in [9.17, 15) is 5.11 Å². The van der Waals surface area contributed by atoms with Gasteiger partial charge in [0.25, 0.3) is 0 Å². The molecule has 8 heteroatoms. The molecule has 19 heavy (non-hydrogen) atoms. The lowest BCUT2D eigenvalue weighted by molar-refractivity contribution is -0.0498. The number of aromatic nitrogens is 2. The van der Waals surface area contributed by atoms with Crippen molar-refractivity contribution in [1.29, 1.82) is 0 Å². The number of nitrogens with two attached hydrogens (primary N) is 1. The third-order valence-electron chi connectivity index (χ3n) is 3.47. The average Bonchev–Trinajstić information content (AvgIpc) is 2.97. The molecule has 3 rings (SSSR count). The zero-order valence-electron chi connectivity index (χ0n) is 10.6. The van der Waals surface area contributed by atoms with Crippen LogP contribution in [0.5, 0.6) is 0 Å². The second kappa shape index (κ2) is 4.48. The number of hydrogen-bond donors (Lipinski definition) is 3. The molecule has 104 valence electrons. The molecule has 0 aliphatic carbocycles. The molecule has 8 nitrogen and oxygen atoms in total. The van der Waals surface area contributed by atoms with Crippen molar-refractivity contribution < 1.29 is 14.9 Å². The van der Waals surface area contributed by atoms with Crippen LogP contribution >= 0.6 is 0 Å². The Morgan fingerprint density at radius 1 is 1.58 bits per heavy atom. The molecule has 4 N–H and O–H groups in total. The van der Waals surface area contributed by atoms with E-state index in [0.29, 0.717) is 24.6 Å². The fraction of sp³-hybridized carbons (Fsp3) is 0.636. The Kier molecular flexibility index (Phi) is 2.92. The fourth-order valence-corrected chi connectivity index (χ4v) is 2.52. The zero-order chi connectivity index (χ0) is 13.6. The lowest BCUT2D eigenvalue weighted by Crippen LogP contribution is -2.32. The van der Waals surface area contributed by atoms with Gasteiger partial charge < -0.3 is 25.6 Å². The Bertz CT molecular complexity index is 514. The predicted octanol–water partition coefficient (Wildman–Crippen LogP) is -1.36. The third-order valence-corrected chi connectivity index (χ3v) is 3.47. The van der Waals surface area contributed by atoms with Crippen LogP contribution in [0.1, 0.15) is 18.3 Å². The topological polar surface area (TPSA) is 109 Å². The van der Waals surface area contributed by atoms with Crippen molar-refractivity contribution in [2.24, 2.45) is 10.7 Å². The monoisotopic (exact) mass is 267 g/mol. The highest BCUT2D eigenvalue weighted by Crippen LogP contribution is 2.34. The highest BCUT2D eigenvalue weighted by Gasteiger charge is 2.37. The van der Waals surface area contributed by atoms with E-state index in [1.807, 2.05) is 11.9 Å². The second-order valence-electron chi connectivity index (χ2n) is 4.84. The number of aliphatic hydroxyl groups is 2. The van der Waals surface area contributed by atoms with E-state index in [2.05, 4.69) is 9.98 Å². The van der Waals surface area contributed by atoms with E-state index < -0.39 is 12.3 Å². The maximum atomic E-state index is 10.1. The molecular weight excluding hydrogens is 250 g/mol. The van der Waals surface area contributed by atoms with Crippen LogP contribution in [0, 0.1) is 0 Å². The van der Waals surface area contributed by atoms with Gasteiger partial charge in [-0.1, -0.05) is 0 Å². The van der Waals surface area contributed by atoms with Gasteiger partial charge >= 0.3 is 0 Å². The summed E-state index contributed by atoms with van der Waals surface area (Å²) in [6.07, 6.45) is 0.410. The number of aliphatic hydroxyl groups excluding tert-OH is 2. The average molecular weight is 267 g/mol. The Labute approximate surface area is 110 Å². The summed E-state index contributed by atoms with van der Waals surface area (Å²) in [5, 5.41) is 19.2. The van der Waals surface area contributed by atoms with Gasteiger partial charge in [0.2, 0.25) is 0 Å². The molecule has 1 aromatic rings. The highest BCUT2D eigenvalue weighted by molar-refractivity contribution is 6.01. The minimum absolute atomic E-state index is 0.107. The Balaban J connectivity index is 1.97. The summed E-state index contributed by atoms with van der Waals surface area (Å²) in [7, 11) is 1.87. The van der Waals surface area contributed by atoms with E-state index in [1.165, 1.54) is 0 Å². The first kappa shape index (κ1) is 12.4. The van der Waals surface area contributed by atoms with E-state index in [-0.39, 0.29) is 12.7 Å². The van der Waals surface area contributed by atoms with Gasteiger partial charge in [0.15, 0.2) is 6.23 Å². The number of imidazole rings is 1. The van der Waals surface area contributed by atoms with Crippen molar-refractivity contribution in [3.05, 3.63) is 12.0 Å². The number of anilines is 1. The number of rotatable bonds is 2. The molecule has 2 aliphatic rings. The van der Waals surface area contributed by atoms with Crippen LogP contribution in [-0.4, -0.2) is 58.1 Å². The Hall–Kier alpha value is -1.64. The van der Waals surface area contributed by atoms with Gasteiger partial charge in [-0.2, -0.15) is 0 Å². The fourth-order valence-electron chi connectivity index (χ4n) is 2.52. The maximum absolute atomic E-state index is 10.1. The Morgan fingerprint density at radius 2 is 2.37 bits per heavy atom. The molecule has 1 aromatic heterocycles. The molecule has 1 saturated heterocycles. The largest absolute Gasteiger partial charge is 0.394 e. The summed E-state index contributed by atoms with van der Waals surface area (Å²) in [5.74, 6) is 1.16. The van der Waals surface area contributed by atoms with Crippen LogP contribution in [0.15, 0.2) is 11.3 Å². The predicted molar refractivity (Wildman–Crippen MR) is 67.8 cm³/mol. The molecule has 0 radical (unpaired) electrons. The Morgan fingerprint density at radius 3 is 3.05 bits per heavy atom. The van der Waals surface area contributed by atoms with E-state index in [0.717, 1.165) is 5.82 Å². The molecule has 1 fully saturated rings. The summed E-state index contributed by atoms with van der Waals surface area (Å²) in [4.78, 5) is 10.3. The number of fused-ring (bicyclic) bond motifs is 1. The van der Waals surface area contributed by atoms with Gasteiger partial charge in [-0.15, -0.1) is 0 Å². The molecule has 2 aliphatic heterocycles. The molecule has 0 amide bonds. The van der Waals surface area contributed by atoms with Crippen LogP contribution in [0.25, 0.3) is 0 Å². The van der Waals surface area contributed by atoms with Crippen LogP contribution in [0.3, 0.4) is 0 Å². The van der Waals surface area contributed by atoms with E-state index >= 15 is 0 Å². The molecule has 3 atom stereocenters. The second-order valence-corrected chi connectivity index (χ2v) is 4.84. The van der Waals surface area contributed by atoms with Gasteiger partial charge in [0, 0.05) is 13.5 Å². The van der Waals surface area contributed by atoms with Crippen molar-refractivity contribution in [3.8, 4) is 0 Å². The summed E-state index contributed by atoms with van der Waals surface area (Å²) in [5.41, 5.74) is 6.41. The number of nitrogens with zero attached hydrogens (tertiary/aromatic N) is 4. The summed E-state index contributed by atoms with van der Waals surface area (Å²) in [6, 6.07) is 0. The van der Waals surface area contributed by atoms with E-state index in [1.54, 1.807) is 10.9 Å². The molecule has 3 heterocycles. The number of amidine groups is 1. The summed E-state index contributed by atoms with van der Waals surface area (Å²) < 4.78 is 7.38.